The first-order chi connectivity index (χ1) is 9.38. The van der Waals surface area contributed by atoms with Crippen molar-refractivity contribution in [3.05, 3.63) is 0 Å². The van der Waals surface area contributed by atoms with Crippen molar-refractivity contribution < 1.29 is 0 Å². The molecule has 3 rings (SSSR count). The van der Waals surface area contributed by atoms with Gasteiger partial charge in [-0.05, 0) is 70.0 Å². The Morgan fingerprint density at radius 3 is 2.63 bits per heavy atom. The van der Waals surface area contributed by atoms with E-state index in [4.69, 9.17) is 0 Å². The standard InChI is InChI=1S/C17H32N2/c1-2-14-5-3-6-16(13-14)19-12-4-7-17(19)15-8-10-18-11-9-15/h14-18H,2-13H2,1H3. The van der Waals surface area contributed by atoms with Crippen LogP contribution in [0.15, 0.2) is 0 Å². The first-order valence-electron chi connectivity index (χ1n) is 8.85. The highest BCUT2D eigenvalue weighted by atomic mass is 15.2. The second kappa shape index (κ2) is 6.58. The van der Waals surface area contributed by atoms with Crippen LogP contribution in [0.25, 0.3) is 0 Å². The Kier molecular flexibility index (Phi) is 4.81. The summed E-state index contributed by atoms with van der Waals surface area (Å²) < 4.78 is 0. The lowest BCUT2D eigenvalue weighted by Gasteiger charge is -2.42. The van der Waals surface area contributed by atoms with E-state index in [1.807, 2.05) is 0 Å². The number of likely N-dealkylation sites (tertiary alicyclic amines) is 1. The van der Waals surface area contributed by atoms with Crippen LogP contribution in [0.2, 0.25) is 0 Å². The van der Waals surface area contributed by atoms with Crippen LogP contribution in [0.4, 0.5) is 0 Å². The number of hydrogen-bond acceptors (Lipinski definition) is 2. The number of rotatable bonds is 3. The third-order valence-electron chi connectivity index (χ3n) is 6.07. The smallest absolute Gasteiger partial charge is 0.0128 e. The summed E-state index contributed by atoms with van der Waals surface area (Å²) in [4.78, 5) is 2.96. The van der Waals surface area contributed by atoms with Crippen molar-refractivity contribution in [3.8, 4) is 0 Å². The van der Waals surface area contributed by atoms with Crippen molar-refractivity contribution in [2.24, 2.45) is 11.8 Å². The number of piperidine rings is 1. The fourth-order valence-corrected chi connectivity index (χ4v) is 4.94. The molecule has 2 nitrogen and oxygen atoms in total. The Morgan fingerprint density at radius 2 is 1.84 bits per heavy atom. The number of hydrogen-bond donors (Lipinski definition) is 1. The van der Waals surface area contributed by atoms with Crippen molar-refractivity contribution in [1.82, 2.24) is 10.2 Å². The maximum absolute atomic E-state index is 3.53. The third kappa shape index (κ3) is 3.16. The molecular formula is C17H32N2. The van der Waals surface area contributed by atoms with E-state index in [9.17, 15) is 0 Å². The Balaban J connectivity index is 1.61. The summed E-state index contributed by atoms with van der Waals surface area (Å²) >= 11 is 0. The molecule has 1 N–H and O–H groups in total. The molecule has 0 bridgehead atoms. The fraction of sp³-hybridized carbons (Fsp3) is 1.00. The van der Waals surface area contributed by atoms with E-state index in [-0.39, 0.29) is 0 Å². The minimum absolute atomic E-state index is 0.932. The average molecular weight is 264 g/mol. The predicted molar refractivity (Wildman–Crippen MR) is 81.4 cm³/mol. The van der Waals surface area contributed by atoms with E-state index in [0.717, 1.165) is 23.9 Å². The van der Waals surface area contributed by atoms with Crippen LogP contribution in [-0.2, 0) is 0 Å². The molecule has 1 saturated carbocycles. The molecular weight excluding hydrogens is 232 g/mol. The molecule has 0 radical (unpaired) electrons. The highest BCUT2D eigenvalue weighted by Gasteiger charge is 2.37. The van der Waals surface area contributed by atoms with Crippen molar-refractivity contribution >= 4 is 0 Å². The van der Waals surface area contributed by atoms with Gasteiger partial charge < -0.3 is 5.32 Å². The van der Waals surface area contributed by atoms with Crippen LogP contribution >= 0.6 is 0 Å². The summed E-state index contributed by atoms with van der Waals surface area (Å²) in [5, 5.41) is 3.53. The normalized spacial score (nSPS) is 38.7. The van der Waals surface area contributed by atoms with E-state index >= 15 is 0 Å². The first kappa shape index (κ1) is 13.9. The second-order valence-electron chi connectivity index (χ2n) is 7.13. The molecule has 3 atom stereocenters. The lowest BCUT2D eigenvalue weighted by atomic mass is 9.81. The van der Waals surface area contributed by atoms with Crippen LogP contribution in [0, 0.1) is 11.8 Å². The Hall–Kier alpha value is -0.0800. The van der Waals surface area contributed by atoms with Gasteiger partial charge in [-0.3, -0.25) is 4.90 Å². The molecule has 0 spiro atoms. The van der Waals surface area contributed by atoms with Gasteiger partial charge in [0.2, 0.25) is 0 Å². The van der Waals surface area contributed by atoms with Gasteiger partial charge in [-0.2, -0.15) is 0 Å². The highest BCUT2D eigenvalue weighted by molar-refractivity contribution is 4.92. The molecule has 0 amide bonds. The van der Waals surface area contributed by atoms with Crippen LogP contribution in [0.3, 0.4) is 0 Å². The van der Waals surface area contributed by atoms with Gasteiger partial charge in [0.1, 0.15) is 0 Å². The molecule has 3 aliphatic rings. The largest absolute Gasteiger partial charge is 0.317 e. The van der Waals surface area contributed by atoms with E-state index < -0.39 is 0 Å². The molecule has 2 heteroatoms. The fourth-order valence-electron chi connectivity index (χ4n) is 4.94. The average Bonchev–Trinajstić information content (AvgIpc) is 2.98. The lowest BCUT2D eigenvalue weighted by Crippen LogP contribution is -2.47. The zero-order valence-electron chi connectivity index (χ0n) is 12.7. The molecule has 110 valence electrons. The molecule has 0 aromatic carbocycles. The summed E-state index contributed by atoms with van der Waals surface area (Å²) in [6, 6.07) is 1.86. The third-order valence-corrected chi connectivity index (χ3v) is 6.07. The Labute approximate surface area is 119 Å². The summed E-state index contributed by atoms with van der Waals surface area (Å²) in [5.41, 5.74) is 0. The molecule has 2 aliphatic heterocycles. The molecule has 0 aromatic heterocycles. The molecule has 19 heavy (non-hydrogen) atoms. The number of nitrogens with zero attached hydrogens (tertiary/aromatic N) is 1. The quantitative estimate of drug-likeness (QED) is 0.840. The molecule has 3 unspecified atom stereocenters. The maximum Gasteiger partial charge on any atom is 0.0128 e. The van der Waals surface area contributed by atoms with Gasteiger partial charge in [-0.1, -0.05) is 26.2 Å². The van der Waals surface area contributed by atoms with Gasteiger partial charge in [0.15, 0.2) is 0 Å². The monoisotopic (exact) mass is 264 g/mol. The zero-order chi connectivity index (χ0) is 13.1. The lowest BCUT2D eigenvalue weighted by molar-refractivity contribution is 0.0780. The van der Waals surface area contributed by atoms with E-state index in [1.54, 1.807) is 0 Å². The Bertz CT molecular complexity index is 272. The van der Waals surface area contributed by atoms with Gasteiger partial charge in [0.25, 0.3) is 0 Å². The summed E-state index contributed by atoms with van der Waals surface area (Å²) in [6.07, 6.45) is 13.2. The first-order valence-corrected chi connectivity index (χ1v) is 8.85. The van der Waals surface area contributed by atoms with Crippen molar-refractivity contribution in [2.45, 2.75) is 76.8 Å². The van der Waals surface area contributed by atoms with Gasteiger partial charge in [0.05, 0.1) is 0 Å². The number of nitrogens with one attached hydrogen (secondary N) is 1. The van der Waals surface area contributed by atoms with E-state index in [2.05, 4.69) is 17.1 Å². The van der Waals surface area contributed by atoms with Crippen LogP contribution in [-0.4, -0.2) is 36.6 Å². The minimum Gasteiger partial charge on any atom is -0.317 e. The van der Waals surface area contributed by atoms with Gasteiger partial charge in [-0.15, -0.1) is 0 Å². The van der Waals surface area contributed by atoms with Gasteiger partial charge in [-0.25, -0.2) is 0 Å². The second-order valence-corrected chi connectivity index (χ2v) is 7.13. The molecule has 3 fully saturated rings. The Morgan fingerprint density at radius 1 is 1.00 bits per heavy atom. The van der Waals surface area contributed by atoms with Crippen LogP contribution in [0.1, 0.15) is 64.7 Å². The predicted octanol–water partition coefficient (Wildman–Crippen LogP) is 3.42. The summed E-state index contributed by atoms with van der Waals surface area (Å²) in [6.45, 7) is 6.31. The minimum atomic E-state index is 0.932. The van der Waals surface area contributed by atoms with Crippen molar-refractivity contribution in [3.63, 3.8) is 0 Å². The summed E-state index contributed by atoms with van der Waals surface area (Å²) in [5.74, 6) is 2.01. The van der Waals surface area contributed by atoms with Crippen molar-refractivity contribution in [2.75, 3.05) is 19.6 Å². The van der Waals surface area contributed by atoms with E-state index in [1.165, 1.54) is 77.4 Å². The van der Waals surface area contributed by atoms with E-state index in [0.29, 0.717) is 0 Å². The highest BCUT2D eigenvalue weighted by Crippen LogP contribution is 2.37. The molecule has 2 saturated heterocycles. The van der Waals surface area contributed by atoms with Crippen LogP contribution in [0.5, 0.6) is 0 Å². The van der Waals surface area contributed by atoms with Gasteiger partial charge in [0, 0.05) is 12.1 Å². The van der Waals surface area contributed by atoms with Crippen molar-refractivity contribution in [1.29, 1.82) is 0 Å². The molecule has 0 aromatic rings. The SMILES string of the molecule is CCC1CCCC(N2CCCC2C2CCNCC2)C1. The molecule has 2 heterocycles. The zero-order valence-corrected chi connectivity index (χ0v) is 12.7. The van der Waals surface area contributed by atoms with Crippen LogP contribution < -0.4 is 5.32 Å². The molecule has 1 aliphatic carbocycles. The topological polar surface area (TPSA) is 15.3 Å². The summed E-state index contributed by atoms with van der Waals surface area (Å²) in [7, 11) is 0. The van der Waals surface area contributed by atoms with Gasteiger partial charge >= 0.3 is 0 Å². The maximum atomic E-state index is 3.53.